The predicted octanol–water partition coefficient (Wildman–Crippen LogP) is 2.83. The molecule has 0 aliphatic rings. The molecule has 1 heterocycles. The van der Waals surface area contributed by atoms with E-state index in [9.17, 15) is 4.79 Å². The largest absolute Gasteiger partial charge is 0.352 e. The summed E-state index contributed by atoms with van der Waals surface area (Å²) in [5, 5.41) is 2.99. The van der Waals surface area contributed by atoms with Crippen LogP contribution >= 0.6 is 0 Å². The Labute approximate surface area is 116 Å². The van der Waals surface area contributed by atoms with Crippen molar-refractivity contribution in [2.75, 3.05) is 0 Å². The molecule has 0 spiro atoms. The Balaban J connectivity index is 2.76. The zero-order chi connectivity index (χ0) is 14.5. The van der Waals surface area contributed by atoms with Gasteiger partial charge in [-0.1, -0.05) is 34.6 Å². The number of rotatable bonds is 5. The second-order valence-corrected chi connectivity index (χ2v) is 5.88. The van der Waals surface area contributed by atoms with Gasteiger partial charge in [-0.25, -0.2) is 9.97 Å². The molecule has 0 bridgehead atoms. The van der Waals surface area contributed by atoms with Crippen LogP contribution in [0.3, 0.4) is 0 Å². The first-order valence-electron chi connectivity index (χ1n) is 6.97. The minimum atomic E-state index is -0.0437. The van der Waals surface area contributed by atoms with Gasteiger partial charge in [0.25, 0.3) is 0 Å². The third kappa shape index (κ3) is 4.30. The van der Waals surface area contributed by atoms with Gasteiger partial charge in [-0.2, -0.15) is 0 Å². The van der Waals surface area contributed by atoms with E-state index in [2.05, 4.69) is 36.1 Å². The van der Waals surface area contributed by atoms with Crippen molar-refractivity contribution >= 4 is 5.91 Å². The van der Waals surface area contributed by atoms with Gasteiger partial charge < -0.3 is 5.32 Å². The maximum Gasteiger partial charge on any atom is 0.223 e. The number of nitrogens with one attached hydrogen (secondary N) is 1. The molecule has 4 heteroatoms. The number of nitrogens with zero attached hydrogens (tertiary/aromatic N) is 2. The maximum absolute atomic E-state index is 12.0. The first-order valence-corrected chi connectivity index (χ1v) is 6.97. The average Bonchev–Trinajstić information content (AvgIpc) is 2.37. The summed E-state index contributed by atoms with van der Waals surface area (Å²) in [5.74, 6) is 0.219. The van der Waals surface area contributed by atoms with Crippen molar-refractivity contribution in [3.05, 3.63) is 23.8 Å². The first kappa shape index (κ1) is 15.6. The van der Waals surface area contributed by atoms with E-state index in [-0.39, 0.29) is 17.2 Å². The average molecular weight is 263 g/mol. The summed E-state index contributed by atoms with van der Waals surface area (Å²) in [6.45, 7) is 10.9. The smallest absolute Gasteiger partial charge is 0.223 e. The standard InChI is InChI=1S/C15H25N3O/c1-6-11(7-2)14(19)17-9-12-8-16-10-18-13(12)15(3,4)5/h8,10-11H,6-7,9H2,1-5H3,(H,17,19). The summed E-state index contributed by atoms with van der Waals surface area (Å²) in [4.78, 5) is 20.4. The summed E-state index contributed by atoms with van der Waals surface area (Å²) in [5.41, 5.74) is 1.94. The predicted molar refractivity (Wildman–Crippen MR) is 76.7 cm³/mol. The third-order valence-electron chi connectivity index (χ3n) is 3.31. The molecular weight excluding hydrogens is 238 g/mol. The van der Waals surface area contributed by atoms with Crippen LogP contribution in [0.2, 0.25) is 0 Å². The normalized spacial score (nSPS) is 11.7. The highest BCUT2D eigenvalue weighted by Gasteiger charge is 2.20. The number of amides is 1. The lowest BCUT2D eigenvalue weighted by Gasteiger charge is -2.21. The Hall–Kier alpha value is -1.45. The fraction of sp³-hybridized carbons (Fsp3) is 0.667. The van der Waals surface area contributed by atoms with Crippen LogP contribution in [0, 0.1) is 5.92 Å². The third-order valence-corrected chi connectivity index (χ3v) is 3.31. The Kier molecular flexibility index (Phi) is 5.45. The van der Waals surface area contributed by atoms with Crippen LogP contribution in [0.25, 0.3) is 0 Å². The van der Waals surface area contributed by atoms with Gasteiger partial charge in [0.05, 0.1) is 5.69 Å². The molecule has 0 radical (unpaired) electrons. The van der Waals surface area contributed by atoms with Crippen LogP contribution in [0.15, 0.2) is 12.5 Å². The van der Waals surface area contributed by atoms with E-state index < -0.39 is 0 Å². The summed E-state index contributed by atoms with van der Waals surface area (Å²) >= 11 is 0. The zero-order valence-electron chi connectivity index (χ0n) is 12.7. The molecule has 1 rings (SSSR count). The van der Waals surface area contributed by atoms with E-state index >= 15 is 0 Å². The molecule has 19 heavy (non-hydrogen) atoms. The summed E-state index contributed by atoms with van der Waals surface area (Å²) < 4.78 is 0. The molecule has 0 unspecified atom stereocenters. The van der Waals surface area contributed by atoms with Gasteiger partial charge in [0.1, 0.15) is 6.33 Å². The summed E-state index contributed by atoms with van der Waals surface area (Å²) in [7, 11) is 0. The van der Waals surface area contributed by atoms with E-state index in [1.54, 1.807) is 12.5 Å². The molecule has 4 nitrogen and oxygen atoms in total. The second kappa shape index (κ2) is 6.64. The van der Waals surface area contributed by atoms with Gasteiger partial charge in [-0.05, 0) is 12.8 Å². The fourth-order valence-electron chi connectivity index (χ4n) is 2.15. The molecular formula is C15H25N3O. The van der Waals surface area contributed by atoms with Crippen LogP contribution < -0.4 is 5.32 Å². The molecule has 0 saturated carbocycles. The van der Waals surface area contributed by atoms with Gasteiger partial charge >= 0.3 is 0 Å². The van der Waals surface area contributed by atoms with Crippen molar-refractivity contribution < 1.29 is 4.79 Å². The monoisotopic (exact) mass is 263 g/mol. The number of aromatic nitrogens is 2. The molecule has 0 saturated heterocycles. The summed E-state index contributed by atoms with van der Waals surface area (Å²) in [6.07, 6.45) is 5.10. The minimum absolute atomic E-state index is 0.0437. The van der Waals surface area contributed by atoms with Crippen molar-refractivity contribution in [2.24, 2.45) is 5.92 Å². The van der Waals surface area contributed by atoms with E-state index in [0.717, 1.165) is 24.1 Å². The van der Waals surface area contributed by atoms with Crippen molar-refractivity contribution in [1.82, 2.24) is 15.3 Å². The quantitative estimate of drug-likeness (QED) is 0.888. The topological polar surface area (TPSA) is 54.9 Å². The minimum Gasteiger partial charge on any atom is -0.352 e. The van der Waals surface area contributed by atoms with Crippen LogP contribution in [0.4, 0.5) is 0 Å². The lowest BCUT2D eigenvalue weighted by atomic mass is 9.89. The van der Waals surface area contributed by atoms with E-state index in [1.807, 2.05) is 13.8 Å². The highest BCUT2D eigenvalue weighted by Crippen LogP contribution is 2.22. The lowest BCUT2D eigenvalue weighted by Crippen LogP contribution is -2.31. The molecule has 106 valence electrons. The number of hydrogen-bond donors (Lipinski definition) is 1. The van der Waals surface area contributed by atoms with Crippen molar-refractivity contribution in [1.29, 1.82) is 0 Å². The first-order chi connectivity index (χ1) is 8.90. The number of hydrogen-bond acceptors (Lipinski definition) is 3. The SMILES string of the molecule is CCC(CC)C(=O)NCc1cncnc1C(C)(C)C. The Morgan fingerprint density at radius 3 is 2.47 bits per heavy atom. The number of carbonyl (C=O) groups is 1. The summed E-state index contributed by atoms with van der Waals surface area (Å²) in [6, 6.07) is 0. The Morgan fingerprint density at radius 1 is 1.32 bits per heavy atom. The molecule has 1 N–H and O–H groups in total. The van der Waals surface area contributed by atoms with Gasteiger partial charge in [0.2, 0.25) is 5.91 Å². The van der Waals surface area contributed by atoms with Crippen molar-refractivity contribution in [3.8, 4) is 0 Å². The fourth-order valence-corrected chi connectivity index (χ4v) is 2.15. The van der Waals surface area contributed by atoms with E-state index in [0.29, 0.717) is 6.54 Å². The highest BCUT2D eigenvalue weighted by molar-refractivity contribution is 5.78. The lowest BCUT2D eigenvalue weighted by molar-refractivity contribution is -0.125. The van der Waals surface area contributed by atoms with Gasteiger partial charge in [-0.3, -0.25) is 4.79 Å². The van der Waals surface area contributed by atoms with Crippen LogP contribution in [-0.2, 0) is 16.8 Å². The Morgan fingerprint density at radius 2 is 1.95 bits per heavy atom. The zero-order valence-corrected chi connectivity index (χ0v) is 12.7. The van der Waals surface area contributed by atoms with Crippen LogP contribution in [0.5, 0.6) is 0 Å². The molecule has 1 aromatic heterocycles. The molecule has 0 atom stereocenters. The van der Waals surface area contributed by atoms with E-state index in [1.165, 1.54) is 0 Å². The number of carbonyl (C=O) groups excluding carboxylic acids is 1. The molecule has 1 amide bonds. The maximum atomic E-state index is 12.0. The van der Waals surface area contributed by atoms with Gasteiger partial charge in [0.15, 0.2) is 0 Å². The molecule has 1 aromatic rings. The van der Waals surface area contributed by atoms with Crippen molar-refractivity contribution in [3.63, 3.8) is 0 Å². The second-order valence-electron chi connectivity index (χ2n) is 5.88. The highest BCUT2D eigenvalue weighted by atomic mass is 16.1. The van der Waals surface area contributed by atoms with Crippen LogP contribution in [-0.4, -0.2) is 15.9 Å². The molecule has 0 aromatic carbocycles. The van der Waals surface area contributed by atoms with Gasteiger partial charge in [-0.15, -0.1) is 0 Å². The van der Waals surface area contributed by atoms with Gasteiger partial charge in [0, 0.05) is 29.6 Å². The van der Waals surface area contributed by atoms with Crippen LogP contribution in [0.1, 0.15) is 58.7 Å². The molecule has 0 aliphatic heterocycles. The van der Waals surface area contributed by atoms with E-state index in [4.69, 9.17) is 0 Å². The molecule has 0 fully saturated rings. The Bertz CT molecular complexity index is 420. The van der Waals surface area contributed by atoms with Crippen molar-refractivity contribution in [2.45, 2.75) is 59.4 Å². The molecule has 0 aliphatic carbocycles.